The Balaban J connectivity index is 1.70. The first kappa shape index (κ1) is 14.5. The van der Waals surface area contributed by atoms with E-state index in [0.717, 1.165) is 22.2 Å². The van der Waals surface area contributed by atoms with Gasteiger partial charge in [0.2, 0.25) is 5.91 Å². The van der Waals surface area contributed by atoms with Crippen LogP contribution < -0.4 is 5.32 Å². The van der Waals surface area contributed by atoms with E-state index in [9.17, 15) is 4.79 Å². The Labute approximate surface area is 133 Å². The number of nitrogens with one attached hydrogen (secondary N) is 1. The number of fused-ring (bicyclic) bond motifs is 1. The van der Waals surface area contributed by atoms with Crippen molar-refractivity contribution in [3.63, 3.8) is 0 Å². The molecular formula is C18H15ClN2O. The van der Waals surface area contributed by atoms with Gasteiger partial charge in [-0.1, -0.05) is 35.9 Å². The fourth-order valence-electron chi connectivity index (χ4n) is 2.37. The predicted molar refractivity (Wildman–Crippen MR) is 90.1 cm³/mol. The van der Waals surface area contributed by atoms with E-state index in [0.29, 0.717) is 17.9 Å². The van der Waals surface area contributed by atoms with Crippen LogP contribution in [-0.4, -0.2) is 10.9 Å². The molecular weight excluding hydrogens is 296 g/mol. The first-order chi connectivity index (χ1) is 10.7. The fourth-order valence-corrected chi connectivity index (χ4v) is 2.60. The van der Waals surface area contributed by atoms with Crippen molar-refractivity contribution >= 4 is 34.1 Å². The maximum absolute atomic E-state index is 12.2. The Hall–Kier alpha value is -2.39. The van der Waals surface area contributed by atoms with Gasteiger partial charge in [-0.15, -0.1) is 0 Å². The quantitative estimate of drug-likeness (QED) is 0.773. The van der Waals surface area contributed by atoms with Crippen molar-refractivity contribution in [1.29, 1.82) is 0 Å². The summed E-state index contributed by atoms with van der Waals surface area (Å²) < 4.78 is 0. The number of pyridine rings is 1. The van der Waals surface area contributed by atoms with Gasteiger partial charge in [-0.2, -0.15) is 0 Å². The van der Waals surface area contributed by atoms with Crippen LogP contribution in [0.2, 0.25) is 5.02 Å². The second kappa shape index (κ2) is 6.58. The maximum Gasteiger partial charge on any atom is 0.224 e. The zero-order valence-electron chi connectivity index (χ0n) is 11.9. The Kier molecular flexibility index (Phi) is 4.35. The summed E-state index contributed by atoms with van der Waals surface area (Å²) in [4.78, 5) is 16.5. The number of aromatic nitrogens is 1. The first-order valence-corrected chi connectivity index (χ1v) is 7.49. The number of carbonyl (C=O) groups excluding carboxylic acids is 1. The standard InChI is InChI=1S/C18H15ClN2O/c19-15-7-2-1-5-13(15)10-11-18(22)21-17-9-3-8-16-14(17)6-4-12-20-16/h1-9,12H,10-11H2,(H,21,22). The highest BCUT2D eigenvalue weighted by atomic mass is 35.5. The molecule has 0 bridgehead atoms. The summed E-state index contributed by atoms with van der Waals surface area (Å²) in [6.07, 6.45) is 2.75. The van der Waals surface area contributed by atoms with Crippen molar-refractivity contribution < 1.29 is 4.79 Å². The van der Waals surface area contributed by atoms with Crippen molar-refractivity contribution in [1.82, 2.24) is 4.98 Å². The lowest BCUT2D eigenvalue weighted by Crippen LogP contribution is -2.12. The fraction of sp³-hybridized carbons (Fsp3) is 0.111. The number of aryl methyl sites for hydroxylation is 1. The smallest absolute Gasteiger partial charge is 0.224 e. The third-order valence-corrected chi connectivity index (χ3v) is 3.87. The van der Waals surface area contributed by atoms with Gasteiger partial charge in [-0.3, -0.25) is 9.78 Å². The molecule has 110 valence electrons. The molecule has 0 spiro atoms. The molecule has 22 heavy (non-hydrogen) atoms. The second-order valence-electron chi connectivity index (χ2n) is 5.02. The molecule has 4 heteroatoms. The molecule has 1 aromatic heterocycles. The lowest BCUT2D eigenvalue weighted by atomic mass is 10.1. The number of amides is 1. The number of hydrogen-bond donors (Lipinski definition) is 1. The molecule has 1 amide bonds. The van der Waals surface area contributed by atoms with Gasteiger partial charge in [0, 0.05) is 23.0 Å². The summed E-state index contributed by atoms with van der Waals surface area (Å²) >= 11 is 6.11. The topological polar surface area (TPSA) is 42.0 Å². The minimum absolute atomic E-state index is 0.0312. The van der Waals surface area contributed by atoms with Crippen LogP contribution in [-0.2, 0) is 11.2 Å². The Morgan fingerprint density at radius 3 is 2.77 bits per heavy atom. The van der Waals surface area contributed by atoms with Gasteiger partial charge in [-0.05, 0) is 42.3 Å². The molecule has 0 aliphatic heterocycles. The van der Waals surface area contributed by atoms with Crippen LogP contribution in [0.3, 0.4) is 0 Å². The molecule has 0 fully saturated rings. The molecule has 3 nitrogen and oxygen atoms in total. The van der Waals surface area contributed by atoms with Crippen molar-refractivity contribution in [2.75, 3.05) is 5.32 Å². The highest BCUT2D eigenvalue weighted by Crippen LogP contribution is 2.22. The lowest BCUT2D eigenvalue weighted by Gasteiger charge is -2.09. The SMILES string of the molecule is O=C(CCc1ccccc1Cl)Nc1cccc2ncccc12. The van der Waals surface area contributed by atoms with Crippen LogP contribution in [0, 0.1) is 0 Å². The molecule has 3 aromatic rings. The van der Waals surface area contributed by atoms with Crippen molar-refractivity contribution in [2.24, 2.45) is 0 Å². The number of benzene rings is 2. The Morgan fingerprint density at radius 2 is 1.91 bits per heavy atom. The largest absolute Gasteiger partial charge is 0.325 e. The lowest BCUT2D eigenvalue weighted by molar-refractivity contribution is -0.116. The van der Waals surface area contributed by atoms with E-state index in [1.54, 1.807) is 6.20 Å². The number of nitrogens with zero attached hydrogens (tertiary/aromatic N) is 1. The summed E-state index contributed by atoms with van der Waals surface area (Å²) in [5.74, 6) is -0.0312. The molecule has 0 unspecified atom stereocenters. The van der Waals surface area contributed by atoms with E-state index in [2.05, 4.69) is 10.3 Å². The van der Waals surface area contributed by atoms with Gasteiger partial charge in [0.05, 0.1) is 11.2 Å². The highest BCUT2D eigenvalue weighted by Gasteiger charge is 2.07. The van der Waals surface area contributed by atoms with E-state index >= 15 is 0 Å². The summed E-state index contributed by atoms with van der Waals surface area (Å²) in [6, 6.07) is 17.1. The average Bonchev–Trinajstić information content (AvgIpc) is 2.54. The number of hydrogen-bond acceptors (Lipinski definition) is 2. The zero-order valence-corrected chi connectivity index (χ0v) is 12.7. The molecule has 0 radical (unpaired) electrons. The predicted octanol–water partition coefficient (Wildman–Crippen LogP) is 4.46. The maximum atomic E-state index is 12.2. The van der Waals surface area contributed by atoms with E-state index in [4.69, 9.17) is 11.6 Å². The van der Waals surface area contributed by atoms with Crippen LogP contribution in [0.15, 0.2) is 60.8 Å². The Bertz CT molecular complexity index is 812. The van der Waals surface area contributed by atoms with Crippen LogP contribution in [0.4, 0.5) is 5.69 Å². The van der Waals surface area contributed by atoms with Crippen LogP contribution in [0.5, 0.6) is 0 Å². The molecule has 1 heterocycles. The zero-order chi connectivity index (χ0) is 15.4. The van der Waals surface area contributed by atoms with Crippen molar-refractivity contribution in [3.05, 3.63) is 71.4 Å². The minimum atomic E-state index is -0.0312. The van der Waals surface area contributed by atoms with Gasteiger partial charge in [0.25, 0.3) is 0 Å². The van der Waals surface area contributed by atoms with Gasteiger partial charge < -0.3 is 5.32 Å². The van der Waals surface area contributed by atoms with E-state index in [1.165, 1.54) is 0 Å². The molecule has 1 N–H and O–H groups in total. The normalized spacial score (nSPS) is 10.6. The summed E-state index contributed by atoms with van der Waals surface area (Å²) in [7, 11) is 0. The molecule has 0 aliphatic rings. The average molecular weight is 311 g/mol. The summed E-state index contributed by atoms with van der Waals surface area (Å²) in [6.45, 7) is 0. The minimum Gasteiger partial charge on any atom is -0.325 e. The van der Waals surface area contributed by atoms with E-state index in [-0.39, 0.29) is 5.91 Å². The van der Waals surface area contributed by atoms with Gasteiger partial charge >= 0.3 is 0 Å². The molecule has 3 rings (SSSR count). The number of carbonyl (C=O) groups is 1. The number of halogens is 1. The van der Waals surface area contributed by atoms with Crippen LogP contribution >= 0.6 is 11.6 Å². The molecule has 0 aliphatic carbocycles. The molecule has 0 saturated carbocycles. The van der Waals surface area contributed by atoms with E-state index < -0.39 is 0 Å². The molecule has 0 atom stereocenters. The van der Waals surface area contributed by atoms with Gasteiger partial charge in [-0.25, -0.2) is 0 Å². The van der Waals surface area contributed by atoms with Gasteiger partial charge in [0.15, 0.2) is 0 Å². The first-order valence-electron chi connectivity index (χ1n) is 7.11. The van der Waals surface area contributed by atoms with Crippen LogP contribution in [0.1, 0.15) is 12.0 Å². The van der Waals surface area contributed by atoms with E-state index in [1.807, 2.05) is 54.6 Å². The summed E-state index contributed by atoms with van der Waals surface area (Å²) in [5, 5.41) is 4.59. The van der Waals surface area contributed by atoms with Crippen molar-refractivity contribution in [3.8, 4) is 0 Å². The van der Waals surface area contributed by atoms with Crippen LogP contribution in [0.25, 0.3) is 10.9 Å². The second-order valence-corrected chi connectivity index (χ2v) is 5.42. The molecule has 2 aromatic carbocycles. The molecule has 0 saturated heterocycles. The Morgan fingerprint density at radius 1 is 1.05 bits per heavy atom. The third-order valence-electron chi connectivity index (χ3n) is 3.50. The van der Waals surface area contributed by atoms with Gasteiger partial charge in [0.1, 0.15) is 0 Å². The number of anilines is 1. The summed E-state index contributed by atoms with van der Waals surface area (Å²) in [5.41, 5.74) is 2.64. The van der Waals surface area contributed by atoms with Crippen molar-refractivity contribution in [2.45, 2.75) is 12.8 Å². The highest BCUT2D eigenvalue weighted by molar-refractivity contribution is 6.31. The number of rotatable bonds is 4. The third kappa shape index (κ3) is 3.26. The monoisotopic (exact) mass is 310 g/mol.